The predicted molar refractivity (Wildman–Crippen MR) is 78.0 cm³/mol. The number of hydrogen-bond acceptors (Lipinski definition) is 4. The molecule has 1 aromatic heterocycles. The lowest BCUT2D eigenvalue weighted by Gasteiger charge is -2.31. The average molecular weight is 300 g/mol. The fraction of sp³-hybridized carbons (Fsp3) is 0.769. The van der Waals surface area contributed by atoms with Gasteiger partial charge in [-0.25, -0.2) is 13.1 Å². The molecule has 6 nitrogen and oxygen atoms in total. The number of hydrogen-bond donors (Lipinski definition) is 1. The van der Waals surface area contributed by atoms with Gasteiger partial charge < -0.3 is 4.90 Å². The second-order valence-corrected chi connectivity index (χ2v) is 7.14. The summed E-state index contributed by atoms with van der Waals surface area (Å²) in [5, 5.41) is 4.00. The average Bonchev–Trinajstić information content (AvgIpc) is 2.73. The normalized spacial score (nSPS) is 18.6. The second kappa shape index (κ2) is 6.24. The fourth-order valence-electron chi connectivity index (χ4n) is 2.62. The zero-order chi connectivity index (χ0) is 14.8. The van der Waals surface area contributed by atoms with Crippen LogP contribution in [-0.2, 0) is 17.1 Å². The molecule has 1 aliphatic rings. The Hall–Kier alpha value is -0.920. The van der Waals surface area contributed by atoms with Crippen LogP contribution < -0.4 is 4.72 Å². The molecular formula is C13H24N4O2S. The van der Waals surface area contributed by atoms with Gasteiger partial charge in [-0.2, -0.15) is 5.10 Å². The molecule has 0 amide bonds. The Balaban J connectivity index is 1.98. The monoisotopic (exact) mass is 300 g/mol. The van der Waals surface area contributed by atoms with Gasteiger partial charge in [-0.1, -0.05) is 6.92 Å². The van der Waals surface area contributed by atoms with Crippen LogP contribution in [-0.4, -0.2) is 48.8 Å². The number of nitrogens with zero attached hydrogens (tertiary/aromatic N) is 3. The van der Waals surface area contributed by atoms with Gasteiger partial charge in [0.15, 0.2) is 0 Å². The first-order chi connectivity index (χ1) is 9.44. The quantitative estimate of drug-likeness (QED) is 0.876. The summed E-state index contributed by atoms with van der Waals surface area (Å²) < 4.78 is 29.1. The molecule has 2 heterocycles. The van der Waals surface area contributed by atoms with Crippen LogP contribution >= 0.6 is 0 Å². The van der Waals surface area contributed by atoms with E-state index in [1.54, 1.807) is 18.7 Å². The largest absolute Gasteiger partial charge is 0.303 e. The Morgan fingerprint density at radius 3 is 2.55 bits per heavy atom. The van der Waals surface area contributed by atoms with Crippen molar-refractivity contribution in [1.82, 2.24) is 19.4 Å². The van der Waals surface area contributed by atoms with E-state index in [4.69, 9.17) is 0 Å². The second-order valence-electron chi connectivity index (χ2n) is 5.46. The molecule has 1 aliphatic heterocycles. The van der Waals surface area contributed by atoms with Gasteiger partial charge in [0.1, 0.15) is 4.90 Å². The molecular weight excluding hydrogens is 276 g/mol. The Labute approximate surface area is 121 Å². The van der Waals surface area contributed by atoms with Gasteiger partial charge >= 0.3 is 0 Å². The molecule has 0 aromatic carbocycles. The Kier molecular flexibility index (Phi) is 4.82. The number of sulfonamides is 1. The van der Waals surface area contributed by atoms with E-state index in [9.17, 15) is 8.42 Å². The molecule has 1 N–H and O–H groups in total. The minimum absolute atomic E-state index is 0.0349. The van der Waals surface area contributed by atoms with Crippen LogP contribution in [0, 0.1) is 6.92 Å². The van der Waals surface area contributed by atoms with E-state index in [1.165, 1.54) is 6.20 Å². The van der Waals surface area contributed by atoms with Gasteiger partial charge in [0, 0.05) is 13.1 Å². The van der Waals surface area contributed by atoms with Crippen molar-refractivity contribution in [1.29, 1.82) is 0 Å². The zero-order valence-corrected chi connectivity index (χ0v) is 13.3. The van der Waals surface area contributed by atoms with Crippen molar-refractivity contribution < 1.29 is 8.42 Å². The lowest BCUT2D eigenvalue weighted by atomic mass is 10.1. The van der Waals surface area contributed by atoms with Crippen LogP contribution in [0.5, 0.6) is 0 Å². The molecule has 0 radical (unpaired) electrons. The number of nitrogens with one attached hydrogen (secondary N) is 1. The third-order valence-electron chi connectivity index (χ3n) is 3.93. The predicted octanol–water partition coefficient (Wildman–Crippen LogP) is 0.881. The third kappa shape index (κ3) is 3.39. The molecule has 0 saturated carbocycles. The first-order valence-corrected chi connectivity index (χ1v) is 8.65. The van der Waals surface area contributed by atoms with E-state index >= 15 is 0 Å². The zero-order valence-electron chi connectivity index (χ0n) is 12.5. The summed E-state index contributed by atoms with van der Waals surface area (Å²) >= 11 is 0. The van der Waals surface area contributed by atoms with Crippen LogP contribution in [0.25, 0.3) is 0 Å². The van der Waals surface area contributed by atoms with E-state index in [1.807, 2.05) is 0 Å². The molecule has 0 atom stereocenters. The summed E-state index contributed by atoms with van der Waals surface area (Å²) in [6, 6.07) is 0.0349. The van der Waals surface area contributed by atoms with Gasteiger partial charge in [-0.3, -0.25) is 4.68 Å². The Morgan fingerprint density at radius 2 is 2.05 bits per heavy atom. The molecule has 2 rings (SSSR count). The van der Waals surface area contributed by atoms with Crippen LogP contribution in [0.3, 0.4) is 0 Å². The summed E-state index contributed by atoms with van der Waals surface area (Å²) in [6.07, 6.45) is 4.31. The number of aryl methyl sites for hydroxylation is 1. The van der Waals surface area contributed by atoms with Gasteiger partial charge in [0.2, 0.25) is 10.0 Å². The van der Waals surface area contributed by atoms with Crippen LogP contribution in [0.1, 0.15) is 31.9 Å². The SMILES string of the molecule is CCCN1CCC(NS(=O)(=O)c2cnn(C)c2C)CC1. The molecule has 0 spiro atoms. The maximum Gasteiger partial charge on any atom is 0.244 e. The first-order valence-electron chi connectivity index (χ1n) is 7.17. The minimum Gasteiger partial charge on any atom is -0.303 e. The molecule has 0 unspecified atom stereocenters. The lowest BCUT2D eigenvalue weighted by molar-refractivity contribution is 0.208. The summed E-state index contributed by atoms with van der Waals surface area (Å²) in [4.78, 5) is 2.68. The van der Waals surface area contributed by atoms with Crippen molar-refractivity contribution in [2.45, 2.75) is 44.0 Å². The van der Waals surface area contributed by atoms with Crippen molar-refractivity contribution >= 4 is 10.0 Å². The van der Waals surface area contributed by atoms with E-state index in [2.05, 4.69) is 21.6 Å². The topological polar surface area (TPSA) is 67.2 Å². The summed E-state index contributed by atoms with van der Waals surface area (Å²) in [5.41, 5.74) is 0.668. The maximum absolute atomic E-state index is 12.4. The Bertz CT molecular complexity index is 545. The van der Waals surface area contributed by atoms with Gasteiger partial charge in [0.25, 0.3) is 0 Å². The van der Waals surface area contributed by atoms with Crippen LogP contribution in [0.15, 0.2) is 11.1 Å². The van der Waals surface area contributed by atoms with Gasteiger partial charge in [-0.15, -0.1) is 0 Å². The van der Waals surface area contributed by atoms with Crippen molar-refractivity contribution in [2.24, 2.45) is 7.05 Å². The molecule has 0 bridgehead atoms. The van der Waals surface area contributed by atoms with E-state index in [0.29, 0.717) is 5.69 Å². The lowest BCUT2D eigenvalue weighted by Crippen LogP contribution is -2.44. The summed E-state index contributed by atoms with van der Waals surface area (Å²) in [7, 11) is -1.70. The van der Waals surface area contributed by atoms with Gasteiger partial charge in [0.05, 0.1) is 11.9 Å². The van der Waals surface area contributed by atoms with Crippen molar-refractivity contribution in [3.05, 3.63) is 11.9 Å². The number of likely N-dealkylation sites (tertiary alicyclic amines) is 1. The van der Waals surface area contributed by atoms with Crippen molar-refractivity contribution in [2.75, 3.05) is 19.6 Å². The highest BCUT2D eigenvalue weighted by Gasteiger charge is 2.26. The summed E-state index contributed by atoms with van der Waals surface area (Å²) in [5.74, 6) is 0. The molecule has 1 saturated heterocycles. The standard InChI is InChI=1S/C13H24N4O2S/c1-4-7-17-8-5-12(6-9-17)15-20(18,19)13-10-14-16(3)11(13)2/h10,12,15H,4-9H2,1-3H3. The highest BCUT2D eigenvalue weighted by molar-refractivity contribution is 7.89. The van der Waals surface area contributed by atoms with E-state index in [0.717, 1.165) is 38.9 Å². The number of rotatable bonds is 5. The molecule has 20 heavy (non-hydrogen) atoms. The van der Waals surface area contributed by atoms with E-state index in [-0.39, 0.29) is 10.9 Å². The molecule has 1 aromatic rings. The fourth-order valence-corrected chi connectivity index (χ4v) is 4.12. The maximum atomic E-state index is 12.4. The molecule has 1 fully saturated rings. The Morgan fingerprint density at radius 1 is 1.40 bits per heavy atom. The van der Waals surface area contributed by atoms with E-state index < -0.39 is 10.0 Å². The first kappa shape index (κ1) is 15.5. The van der Waals surface area contributed by atoms with Crippen LogP contribution in [0.2, 0.25) is 0 Å². The van der Waals surface area contributed by atoms with Crippen LogP contribution in [0.4, 0.5) is 0 Å². The number of piperidine rings is 1. The smallest absolute Gasteiger partial charge is 0.244 e. The highest BCUT2D eigenvalue weighted by Crippen LogP contribution is 2.17. The molecule has 114 valence electrons. The summed E-state index contributed by atoms with van der Waals surface area (Å²) in [6.45, 7) is 6.96. The van der Waals surface area contributed by atoms with Crippen molar-refractivity contribution in [3.63, 3.8) is 0 Å². The number of aromatic nitrogens is 2. The molecule has 0 aliphatic carbocycles. The third-order valence-corrected chi connectivity index (χ3v) is 5.55. The minimum atomic E-state index is -3.45. The highest BCUT2D eigenvalue weighted by atomic mass is 32.2. The van der Waals surface area contributed by atoms with Crippen molar-refractivity contribution in [3.8, 4) is 0 Å². The molecule has 7 heteroatoms. The van der Waals surface area contributed by atoms with Gasteiger partial charge in [-0.05, 0) is 45.8 Å².